The number of anilines is 2. The van der Waals surface area contributed by atoms with Crippen LogP contribution >= 0.6 is 23.4 Å². The molecule has 0 bridgehead atoms. The van der Waals surface area contributed by atoms with E-state index in [-0.39, 0.29) is 18.4 Å². The predicted octanol–water partition coefficient (Wildman–Crippen LogP) is 2.40. The van der Waals surface area contributed by atoms with Gasteiger partial charge in [0, 0.05) is 33.4 Å². The molecule has 0 unspecified atom stereocenters. The lowest BCUT2D eigenvalue weighted by atomic mass is 10.1. The highest BCUT2D eigenvalue weighted by atomic mass is 35.5. The third-order valence-corrected chi connectivity index (χ3v) is 5.52. The van der Waals surface area contributed by atoms with Crippen molar-refractivity contribution < 1.29 is 14.2 Å². The van der Waals surface area contributed by atoms with Crippen LogP contribution in [0.25, 0.3) is 0 Å². The maximum absolute atomic E-state index is 6.36. The van der Waals surface area contributed by atoms with E-state index in [0.717, 1.165) is 30.1 Å². The first-order chi connectivity index (χ1) is 12.1. The zero-order valence-electron chi connectivity index (χ0n) is 14.9. The number of ether oxygens (including phenoxy) is 3. The van der Waals surface area contributed by atoms with Crippen LogP contribution < -0.4 is 10.4 Å². The molecule has 0 aliphatic carbocycles. The summed E-state index contributed by atoms with van der Waals surface area (Å²) in [5.74, 6) is 1.73. The number of hydrogen-bond acceptors (Lipinski definition) is 9. The minimum absolute atomic E-state index is 0.103. The molecule has 3 heterocycles. The molecule has 8 nitrogen and oxygen atoms in total. The predicted molar refractivity (Wildman–Crippen MR) is 97.9 cm³/mol. The van der Waals surface area contributed by atoms with Crippen molar-refractivity contribution in [3.63, 3.8) is 0 Å². The van der Waals surface area contributed by atoms with Crippen LogP contribution in [0.4, 0.5) is 11.5 Å². The standard InChI is InChI=1S/C15H24ClN5O3S/c1-5-6-25-15-17-12(16)11-13(18-15)21(20(2)19-11)9-7-10(24-8-9)14(22-3)23-4/h9-10,14,19H,5-8H2,1-4H3/t9-,10-/m1/s1. The number of nitrogens with zero attached hydrogens (tertiary/aromatic N) is 4. The molecule has 1 aromatic heterocycles. The third kappa shape index (κ3) is 3.81. The number of aromatic nitrogens is 2. The van der Waals surface area contributed by atoms with E-state index in [0.29, 0.717) is 16.9 Å². The number of thioether (sulfide) groups is 1. The van der Waals surface area contributed by atoms with Crippen LogP contribution in [0.3, 0.4) is 0 Å². The summed E-state index contributed by atoms with van der Waals surface area (Å²) >= 11 is 7.97. The van der Waals surface area contributed by atoms with Gasteiger partial charge < -0.3 is 14.2 Å². The summed E-state index contributed by atoms with van der Waals surface area (Å²) in [5.41, 5.74) is 3.95. The molecule has 0 spiro atoms. The lowest BCUT2D eigenvalue weighted by Gasteiger charge is -2.30. The van der Waals surface area contributed by atoms with Gasteiger partial charge in [0.05, 0.1) is 12.6 Å². The Morgan fingerprint density at radius 3 is 2.84 bits per heavy atom. The highest BCUT2D eigenvalue weighted by Gasteiger charge is 2.41. The monoisotopic (exact) mass is 389 g/mol. The molecule has 140 valence electrons. The second kappa shape index (κ2) is 8.24. The maximum Gasteiger partial charge on any atom is 0.191 e. The van der Waals surface area contributed by atoms with Gasteiger partial charge in [0.15, 0.2) is 22.4 Å². The Morgan fingerprint density at radius 1 is 1.40 bits per heavy atom. The molecule has 10 heteroatoms. The Hall–Kier alpha value is -0.840. The van der Waals surface area contributed by atoms with Gasteiger partial charge in [0.2, 0.25) is 0 Å². The maximum atomic E-state index is 6.36. The Kier molecular flexibility index (Phi) is 6.24. The van der Waals surface area contributed by atoms with E-state index in [2.05, 4.69) is 22.3 Å². The van der Waals surface area contributed by atoms with Crippen molar-refractivity contribution in [1.29, 1.82) is 0 Å². The molecule has 2 atom stereocenters. The average molecular weight is 390 g/mol. The fraction of sp³-hybridized carbons (Fsp3) is 0.733. The first kappa shape index (κ1) is 18.9. The van der Waals surface area contributed by atoms with Crippen molar-refractivity contribution in [1.82, 2.24) is 15.1 Å². The van der Waals surface area contributed by atoms with Crippen LogP contribution in [0, 0.1) is 0 Å². The van der Waals surface area contributed by atoms with Gasteiger partial charge >= 0.3 is 0 Å². The van der Waals surface area contributed by atoms with Crippen LogP contribution in [0.5, 0.6) is 0 Å². The van der Waals surface area contributed by atoms with Crippen LogP contribution in [0.15, 0.2) is 5.16 Å². The Bertz CT molecular complexity index is 607. The number of fused-ring (bicyclic) bond motifs is 1. The highest BCUT2D eigenvalue weighted by molar-refractivity contribution is 7.99. The minimum Gasteiger partial charge on any atom is -0.371 e. The molecule has 2 aliphatic rings. The zero-order valence-corrected chi connectivity index (χ0v) is 16.4. The minimum atomic E-state index is -0.380. The Balaban J connectivity index is 1.81. The second-order valence-corrected chi connectivity index (χ2v) is 7.35. The van der Waals surface area contributed by atoms with Crippen LogP contribution in [0.2, 0.25) is 5.15 Å². The summed E-state index contributed by atoms with van der Waals surface area (Å²) in [6.07, 6.45) is 1.31. The molecular formula is C15H24ClN5O3S. The fourth-order valence-corrected chi connectivity index (χ4v) is 4.05. The third-order valence-electron chi connectivity index (χ3n) is 4.20. The van der Waals surface area contributed by atoms with Crippen molar-refractivity contribution >= 4 is 34.9 Å². The van der Waals surface area contributed by atoms with Gasteiger partial charge in [-0.25, -0.2) is 9.97 Å². The van der Waals surface area contributed by atoms with Crippen LogP contribution in [0.1, 0.15) is 19.8 Å². The van der Waals surface area contributed by atoms with Gasteiger partial charge in [0.1, 0.15) is 11.8 Å². The number of hydrogen-bond donors (Lipinski definition) is 1. The van der Waals surface area contributed by atoms with Crippen LogP contribution in [-0.4, -0.2) is 67.1 Å². The topological polar surface area (TPSA) is 72.0 Å². The van der Waals surface area contributed by atoms with Crippen molar-refractivity contribution in [2.45, 2.75) is 43.4 Å². The first-order valence-electron chi connectivity index (χ1n) is 8.26. The van der Waals surface area contributed by atoms with Gasteiger partial charge in [-0.2, -0.15) is 0 Å². The number of hydrazine groups is 2. The van der Waals surface area contributed by atoms with E-state index in [9.17, 15) is 0 Å². The summed E-state index contributed by atoms with van der Waals surface area (Å²) in [6, 6.07) is 0.103. The largest absolute Gasteiger partial charge is 0.371 e. The molecule has 1 aromatic rings. The number of methoxy groups -OCH3 is 2. The summed E-state index contributed by atoms with van der Waals surface area (Å²) < 4.78 is 16.5. The molecule has 1 fully saturated rings. The second-order valence-electron chi connectivity index (χ2n) is 5.93. The average Bonchev–Trinajstić information content (AvgIpc) is 3.18. The molecule has 3 rings (SSSR count). The van der Waals surface area contributed by atoms with Crippen LogP contribution in [-0.2, 0) is 14.2 Å². The fourth-order valence-electron chi connectivity index (χ4n) is 3.10. The van der Waals surface area contributed by atoms with E-state index in [1.54, 1.807) is 26.0 Å². The molecule has 0 saturated carbocycles. The number of rotatable bonds is 7. The summed E-state index contributed by atoms with van der Waals surface area (Å²) in [7, 11) is 5.16. The lowest BCUT2D eigenvalue weighted by molar-refractivity contribution is -0.167. The van der Waals surface area contributed by atoms with E-state index in [1.165, 1.54) is 0 Å². The molecule has 0 amide bonds. The first-order valence-corrected chi connectivity index (χ1v) is 9.62. The summed E-state index contributed by atoms with van der Waals surface area (Å²) in [4.78, 5) is 9.09. The normalized spacial score (nSPS) is 23.4. The van der Waals surface area contributed by atoms with Gasteiger partial charge in [-0.05, 0) is 6.42 Å². The summed E-state index contributed by atoms with van der Waals surface area (Å²) in [6.45, 7) is 2.68. The van der Waals surface area contributed by atoms with Crippen molar-refractivity contribution in [3.8, 4) is 0 Å². The van der Waals surface area contributed by atoms with Gasteiger partial charge in [-0.1, -0.05) is 30.3 Å². The van der Waals surface area contributed by atoms with E-state index < -0.39 is 0 Å². The Morgan fingerprint density at radius 2 is 2.16 bits per heavy atom. The molecule has 1 saturated heterocycles. The number of nitrogens with one attached hydrogen (secondary N) is 1. The smallest absolute Gasteiger partial charge is 0.191 e. The molecule has 0 aromatic carbocycles. The molecule has 25 heavy (non-hydrogen) atoms. The molecule has 2 aliphatic heterocycles. The molecular weight excluding hydrogens is 366 g/mol. The number of halogens is 1. The quantitative estimate of drug-likeness (QED) is 0.327. The van der Waals surface area contributed by atoms with Gasteiger partial charge in [-0.3, -0.25) is 10.4 Å². The molecule has 1 N–H and O–H groups in total. The molecule has 0 radical (unpaired) electrons. The van der Waals surface area contributed by atoms with Crippen molar-refractivity contribution in [2.75, 3.05) is 44.1 Å². The summed E-state index contributed by atoms with van der Waals surface area (Å²) in [5, 5.41) is 5.07. The lowest BCUT2D eigenvalue weighted by Crippen LogP contribution is -2.46. The SMILES string of the molecule is CCCSc1nc(Cl)c2c(n1)N([C@H]1CO[C@@H](C(OC)OC)C1)N(C)N2. The van der Waals surface area contributed by atoms with E-state index >= 15 is 0 Å². The van der Waals surface area contributed by atoms with Gasteiger partial charge in [-0.15, -0.1) is 5.12 Å². The van der Waals surface area contributed by atoms with E-state index in [1.807, 2.05) is 12.2 Å². The Labute approximate surface area is 157 Å². The van der Waals surface area contributed by atoms with Crippen molar-refractivity contribution in [2.24, 2.45) is 0 Å². The zero-order chi connectivity index (χ0) is 18.0. The van der Waals surface area contributed by atoms with E-state index in [4.69, 9.17) is 30.8 Å². The highest BCUT2D eigenvalue weighted by Crippen LogP contribution is 2.40. The van der Waals surface area contributed by atoms with Gasteiger partial charge in [0.25, 0.3) is 0 Å². The van der Waals surface area contributed by atoms with Crippen molar-refractivity contribution in [3.05, 3.63) is 5.15 Å².